The van der Waals surface area contributed by atoms with Gasteiger partial charge in [-0.1, -0.05) is 55.9 Å². The lowest BCUT2D eigenvalue weighted by Crippen LogP contribution is -2.27. The number of hydrogen-bond acceptors (Lipinski definition) is 3. The molecule has 0 aliphatic carbocycles. The third kappa shape index (κ3) is 10.4. The fourth-order valence-corrected chi connectivity index (χ4v) is 2.62. The molecule has 2 N–H and O–H groups in total. The van der Waals surface area contributed by atoms with Crippen LogP contribution in [-0.4, -0.2) is 43.8 Å². The van der Waals surface area contributed by atoms with Crippen molar-refractivity contribution in [2.24, 2.45) is 11.8 Å². The fourth-order valence-electron chi connectivity index (χ4n) is 2.62. The van der Waals surface area contributed by atoms with Gasteiger partial charge in [-0.05, 0) is 64.3 Å². The molecular formula is C23H40N2O. The summed E-state index contributed by atoms with van der Waals surface area (Å²) in [5, 5.41) is 12.7. The molecular weight excluding hydrogens is 320 g/mol. The van der Waals surface area contributed by atoms with Crippen LogP contribution < -0.4 is 5.32 Å². The van der Waals surface area contributed by atoms with Crippen LogP contribution >= 0.6 is 0 Å². The Hall–Kier alpha value is -1.58. The van der Waals surface area contributed by atoms with Crippen LogP contribution in [0.1, 0.15) is 40.5 Å². The normalized spacial score (nSPS) is 16.2. The summed E-state index contributed by atoms with van der Waals surface area (Å²) in [5.74, 6) is 0.780. The van der Waals surface area contributed by atoms with E-state index in [1.807, 2.05) is 13.1 Å². The summed E-state index contributed by atoms with van der Waals surface area (Å²) in [7, 11) is 4.00. The van der Waals surface area contributed by atoms with E-state index in [1.165, 1.54) is 11.1 Å². The summed E-state index contributed by atoms with van der Waals surface area (Å²) >= 11 is 0. The van der Waals surface area contributed by atoms with Gasteiger partial charge in [0.1, 0.15) is 0 Å². The summed E-state index contributed by atoms with van der Waals surface area (Å²) < 4.78 is 0. The van der Waals surface area contributed by atoms with E-state index >= 15 is 0 Å². The van der Waals surface area contributed by atoms with E-state index < -0.39 is 0 Å². The molecule has 0 radical (unpaired) electrons. The highest BCUT2D eigenvalue weighted by Gasteiger charge is 2.11. The van der Waals surface area contributed by atoms with Gasteiger partial charge in [0, 0.05) is 25.9 Å². The molecule has 0 heterocycles. The lowest BCUT2D eigenvalue weighted by Gasteiger charge is -2.21. The van der Waals surface area contributed by atoms with Gasteiger partial charge < -0.3 is 15.3 Å². The Kier molecular flexibility index (Phi) is 13.7. The van der Waals surface area contributed by atoms with Crippen molar-refractivity contribution in [1.82, 2.24) is 10.2 Å². The quantitative estimate of drug-likeness (QED) is 0.467. The van der Waals surface area contributed by atoms with Crippen LogP contribution in [0.5, 0.6) is 0 Å². The second kappa shape index (κ2) is 14.6. The molecule has 0 aliphatic rings. The standard InChI is InChI=1S/C23H40N2O/c1-8-21(16-22(18-26)17-25(7)10-3)13-11-12-19(4)20(5)14-15-23(9-2)24-6/h8-9,11,13-15,19,22,24,26H,2,10,12,16-18H2,1,3-7H3/b13-11-,20-14-,21-8+,23-15+/t19?,22-/m0/s1. The van der Waals surface area contributed by atoms with Crippen LogP contribution in [0, 0.1) is 11.8 Å². The zero-order valence-corrected chi connectivity index (χ0v) is 17.8. The summed E-state index contributed by atoms with van der Waals surface area (Å²) in [6.07, 6.45) is 14.6. The average molecular weight is 361 g/mol. The molecule has 0 aromatic rings. The molecule has 2 atom stereocenters. The number of aliphatic hydroxyl groups excluding tert-OH is 1. The number of nitrogens with zero attached hydrogens (tertiary/aromatic N) is 1. The molecule has 3 heteroatoms. The Bertz CT molecular complexity index is 514. The number of allylic oxidation sites excluding steroid dienone is 8. The Balaban J connectivity index is 4.69. The minimum absolute atomic E-state index is 0.233. The molecule has 0 aromatic heterocycles. The predicted molar refractivity (Wildman–Crippen MR) is 116 cm³/mol. The Morgan fingerprint density at radius 3 is 2.50 bits per heavy atom. The van der Waals surface area contributed by atoms with Gasteiger partial charge in [-0.15, -0.1) is 0 Å². The van der Waals surface area contributed by atoms with Crippen LogP contribution in [0.3, 0.4) is 0 Å². The van der Waals surface area contributed by atoms with Crippen molar-refractivity contribution in [2.75, 3.05) is 33.8 Å². The average Bonchev–Trinajstić information content (AvgIpc) is 2.66. The lowest BCUT2D eigenvalue weighted by atomic mass is 9.95. The van der Waals surface area contributed by atoms with Crippen molar-refractivity contribution in [3.63, 3.8) is 0 Å². The minimum atomic E-state index is 0.233. The number of rotatable bonds is 13. The van der Waals surface area contributed by atoms with Crippen molar-refractivity contribution >= 4 is 0 Å². The monoisotopic (exact) mass is 360 g/mol. The van der Waals surface area contributed by atoms with E-state index in [0.717, 1.165) is 31.6 Å². The Labute approximate surface area is 161 Å². The summed E-state index contributed by atoms with van der Waals surface area (Å²) in [6, 6.07) is 0. The molecule has 0 rings (SSSR count). The highest BCUT2D eigenvalue weighted by atomic mass is 16.3. The molecule has 0 aromatic carbocycles. The van der Waals surface area contributed by atoms with Gasteiger partial charge in [-0.3, -0.25) is 0 Å². The minimum Gasteiger partial charge on any atom is -0.396 e. The lowest BCUT2D eigenvalue weighted by molar-refractivity contribution is 0.183. The number of hydrogen-bond donors (Lipinski definition) is 2. The summed E-state index contributed by atoms with van der Waals surface area (Å²) in [4.78, 5) is 2.25. The molecule has 0 saturated heterocycles. The first-order chi connectivity index (χ1) is 12.4. The number of nitrogens with one attached hydrogen (secondary N) is 1. The predicted octanol–water partition coefficient (Wildman–Crippen LogP) is 4.70. The third-order valence-corrected chi connectivity index (χ3v) is 4.90. The van der Waals surface area contributed by atoms with Crippen molar-refractivity contribution in [2.45, 2.75) is 40.5 Å². The van der Waals surface area contributed by atoms with Crippen LogP contribution in [0.2, 0.25) is 0 Å². The maximum atomic E-state index is 9.64. The third-order valence-electron chi connectivity index (χ3n) is 4.90. The van der Waals surface area contributed by atoms with Crippen LogP contribution in [0.4, 0.5) is 0 Å². The van der Waals surface area contributed by atoms with E-state index in [0.29, 0.717) is 11.8 Å². The zero-order chi connectivity index (χ0) is 19.9. The van der Waals surface area contributed by atoms with Gasteiger partial charge in [-0.2, -0.15) is 0 Å². The molecule has 26 heavy (non-hydrogen) atoms. The van der Waals surface area contributed by atoms with Crippen LogP contribution in [0.15, 0.2) is 59.9 Å². The van der Waals surface area contributed by atoms with Crippen molar-refractivity contribution in [3.8, 4) is 0 Å². The van der Waals surface area contributed by atoms with Gasteiger partial charge in [0.25, 0.3) is 0 Å². The summed E-state index contributed by atoms with van der Waals surface area (Å²) in [6.45, 7) is 14.6. The number of likely N-dealkylation sites (N-methyl/N-ethyl adjacent to an activating group) is 1. The van der Waals surface area contributed by atoms with Crippen LogP contribution in [-0.2, 0) is 0 Å². The van der Waals surface area contributed by atoms with E-state index in [9.17, 15) is 5.11 Å². The maximum absolute atomic E-state index is 9.64. The molecule has 0 fully saturated rings. The van der Waals surface area contributed by atoms with Gasteiger partial charge in [0.2, 0.25) is 0 Å². The SMILES string of the molecule is C=C/C(=C\C=C(\C)C(C)C/C=C\C(=C/C)C[C@H](CO)CN(C)CC)NC. The first kappa shape index (κ1) is 24.4. The fraction of sp³-hybridized carbons (Fsp3) is 0.565. The molecule has 148 valence electrons. The Morgan fingerprint density at radius 1 is 1.31 bits per heavy atom. The first-order valence-corrected chi connectivity index (χ1v) is 9.71. The molecule has 0 bridgehead atoms. The molecule has 1 unspecified atom stereocenters. The van der Waals surface area contributed by atoms with Crippen molar-refractivity contribution < 1.29 is 5.11 Å². The van der Waals surface area contributed by atoms with Crippen molar-refractivity contribution in [1.29, 1.82) is 0 Å². The van der Waals surface area contributed by atoms with Gasteiger partial charge in [0.05, 0.1) is 0 Å². The molecule has 0 spiro atoms. The van der Waals surface area contributed by atoms with E-state index in [4.69, 9.17) is 0 Å². The molecule has 0 aliphatic heterocycles. The molecule has 3 nitrogen and oxygen atoms in total. The highest BCUT2D eigenvalue weighted by Crippen LogP contribution is 2.18. The van der Waals surface area contributed by atoms with Gasteiger partial charge >= 0.3 is 0 Å². The summed E-state index contributed by atoms with van der Waals surface area (Å²) in [5.41, 5.74) is 3.67. The smallest absolute Gasteiger partial charge is 0.0474 e. The number of aliphatic hydroxyl groups is 1. The maximum Gasteiger partial charge on any atom is 0.0474 e. The highest BCUT2D eigenvalue weighted by molar-refractivity contribution is 5.24. The topological polar surface area (TPSA) is 35.5 Å². The molecule has 0 saturated carbocycles. The van der Waals surface area contributed by atoms with Crippen LogP contribution in [0.25, 0.3) is 0 Å². The van der Waals surface area contributed by atoms with E-state index in [-0.39, 0.29) is 6.61 Å². The van der Waals surface area contributed by atoms with E-state index in [2.05, 4.69) is 81.9 Å². The van der Waals surface area contributed by atoms with E-state index in [1.54, 1.807) is 0 Å². The first-order valence-electron chi connectivity index (χ1n) is 9.71. The zero-order valence-electron chi connectivity index (χ0n) is 17.8. The largest absolute Gasteiger partial charge is 0.396 e. The van der Waals surface area contributed by atoms with Gasteiger partial charge in [-0.25, -0.2) is 0 Å². The molecule has 0 amide bonds. The van der Waals surface area contributed by atoms with Crippen molar-refractivity contribution in [3.05, 3.63) is 59.9 Å². The second-order valence-electron chi connectivity index (χ2n) is 7.00. The Morgan fingerprint density at radius 2 is 2.00 bits per heavy atom. The second-order valence-corrected chi connectivity index (χ2v) is 7.00. The van der Waals surface area contributed by atoms with Gasteiger partial charge in [0.15, 0.2) is 0 Å².